The molecule has 0 unspecified atom stereocenters. The van der Waals surface area contributed by atoms with Crippen LogP contribution in [0.1, 0.15) is 48.3 Å². The summed E-state index contributed by atoms with van der Waals surface area (Å²) in [5.41, 5.74) is 0.587. The Hall–Kier alpha value is -2.64. The molecule has 0 atom stereocenters. The Morgan fingerprint density at radius 2 is 2.00 bits per heavy atom. The Bertz CT molecular complexity index is 842. The molecule has 2 N–H and O–H groups in total. The van der Waals surface area contributed by atoms with Gasteiger partial charge in [0.25, 0.3) is 11.5 Å². The largest absolute Gasteiger partial charge is 0.348 e. The normalized spacial score (nSPS) is 11.5. The van der Waals surface area contributed by atoms with E-state index in [1.165, 1.54) is 0 Å². The van der Waals surface area contributed by atoms with Gasteiger partial charge in [-0.15, -0.1) is 0 Å². The van der Waals surface area contributed by atoms with Crippen molar-refractivity contribution in [2.75, 3.05) is 19.0 Å². The van der Waals surface area contributed by atoms with Crippen LogP contribution in [0.5, 0.6) is 0 Å². The highest BCUT2D eigenvalue weighted by Crippen LogP contribution is 2.17. The first-order chi connectivity index (χ1) is 11.5. The second-order valence-corrected chi connectivity index (χ2v) is 7.31. The SMILES string of the molecule is Cc1nc(C(C)(C)C)[nH]c(=O)c1C(=O)NCc1cnc(N(C)C)n1C. The zero-order valence-electron chi connectivity index (χ0n) is 15.9. The summed E-state index contributed by atoms with van der Waals surface area (Å²) in [6.45, 7) is 7.81. The van der Waals surface area contributed by atoms with Crippen LogP contribution < -0.4 is 15.8 Å². The maximum atomic E-state index is 12.5. The van der Waals surface area contributed by atoms with Crippen LogP contribution in [0.25, 0.3) is 0 Å². The molecular weight excluding hydrogens is 320 g/mol. The lowest BCUT2D eigenvalue weighted by Crippen LogP contribution is -2.34. The molecule has 1 amide bonds. The average molecular weight is 346 g/mol. The predicted octanol–water partition coefficient (Wildman–Crippen LogP) is 1.11. The number of hydrogen-bond donors (Lipinski definition) is 2. The standard InChI is InChI=1S/C17H26N6O2/c1-10-12(14(25)21-15(20-10)17(2,3)4)13(24)18-8-11-9-19-16(22(5)6)23(11)7/h9H,8H2,1-7H3,(H,18,24)(H,20,21,25). The topological polar surface area (TPSA) is 95.9 Å². The summed E-state index contributed by atoms with van der Waals surface area (Å²) in [5.74, 6) is 0.905. The first kappa shape index (κ1) is 18.7. The predicted molar refractivity (Wildman–Crippen MR) is 97.0 cm³/mol. The van der Waals surface area contributed by atoms with Gasteiger partial charge in [0.05, 0.1) is 24.1 Å². The van der Waals surface area contributed by atoms with E-state index >= 15 is 0 Å². The molecule has 0 aliphatic rings. The molecule has 0 radical (unpaired) electrons. The maximum absolute atomic E-state index is 12.5. The highest BCUT2D eigenvalue weighted by Gasteiger charge is 2.22. The minimum Gasteiger partial charge on any atom is -0.348 e. The lowest BCUT2D eigenvalue weighted by Gasteiger charge is -2.18. The van der Waals surface area contributed by atoms with Gasteiger partial charge in [0, 0.05) is 26.6 Å². The van der Waals surface area contributed by atoms with Gasteiger partial charge in [-0.1, -0.05) is 20.8 Å². The number of anilines is 1. The zero-order chi connectivity index (χ0) is 18.9. The fourth-order valence-electron chi connectivity index (χ4n) is 2.48. The van der Waals surface area contributed by atoms with E-state index in [9.17, 15) is 9.59 Å². The minimum absolute atomic E-state index is 0.0444. The van der Waals surface area contributed by atoms with Crippen LogP contribution in [0.4, 0.5) is 5.95 Å². The number of aromatic nitrogens is 4. The molecule has 0 spiro atoms. The van der Waals surface area contributed by atoms with E-state index in [4.69, 9.17) is 0 Å². The average Bonchev–Trinajstić information content (AvgIpc) is 2.84. The molecule has 25 heavy (non-hydrogen) atoms. The maximum Gasteiger partial charge on any atom is 0.264 e. The van der Waals surface area contributed by atoms with E-state index in [-0.39, 0.29) is 17.5 Å². The lowest BCUT2D eigenvalue weighted by molar-refractivity contribution is 0.0947. The molecule has 0 aromatic carbocycles. The molecule has 0 saturated carbocycles. The summed E-state index contributed by atoms with van der Waals surface area (Å²) in [7, 11) is 5.67. The van der Waals surface area contributed by atoms with Crippen LogP contribution in [-0.4, -0.2) is 39.5 Å². The molecule has 136 valence electrons. The number of aromatic amines is 1. The van der Waals surface area contributed by atoms with E-state index in [2.05, 4.69) is 20.3 Å². The van der Waals surface area contributed by atoms with Crippen molar-refractivity contribution in [3.05, 3.63) is 39.3 Å². The second-order valence-electron chi connectivity index (χ2n) is 7.31. The molecule has 0 aliphatic carbocycles. The summed E-state index contributed by atoms with van der Waals surface area (Å²) in [6, 6.07) is 0. The third-order valence-electron chi connectivity index (χ3n) is 3.93. The van der Waals surface area contributed by atoms with Gasteiger partial charge in [-0.2, -0.15) is 0 Å². The number of H-pyrrole nitrogens is 1. The Morgan fingerprint density at radius 3 is 2.48 bits per heavy atom. The van der Waals surface area contributed by atoms with Crippen LogP contribution in [0.15, 0.2) is 11.0 Å². The minimum atomic E-state index is -0.445. The van der Waals surface area contributed by atoms with Crippen molar-refractivity contribution in [1.82, 2.24) is 24.8 Å². The summed E-state index contributed by atoms with van der Waals surface area (Å²) >= 11 is 0. The highest BCUT2D eigenvalue weighted by atomic mass is 16.2. The molecule has 0 bridgehead atoms. The van der Waals surface area contributed by atoms with Crippen molar-refractivity contribution in [2.24, 2.45) is 7.05 Å². The van der Waals surface area contributed by atoms with Gasteiger partial charge >= 0.3 is 0 Å². The van der Waals surface area contributed by atoms with Crippen LogP contribution in [-0.2, 0) is 19.0 Å². The number of carbonyl (C=O) groups is 1. The summed E-state index contributed by atoms with van der Waals surface area (Å²) in [5, 5.41) is 2.77. The zero-order valence-corrected chi connectivity index (χ0v) is 15.9. The number of nitrogens with zero attached hydrogens (tertiary/aromatic N) is 4. The molecule has 2 heterocycles. The van der Waals surface area contributed by atoms with Gasteiger partial charge in [0.1, 0.15) is 11.4 Å². The number of aryl methyl sites for hydroxylation is 1. The van der Waals surface area contributed by atoms with Crippen molar-refractivity contribution in [1.29, 1.82) is 0 Å². The summed E-state index contributed by atoms with van der Waals surface area (Å²) in [6.07, 6.45) is 1.70. The van der Waals surface area contributed by atoms with E-state index in [1.807, 2.05) is 51.4 Å². The third kappa shape index (κ3) is 3.89. The monoisotopic (exact) mass is 346 g/mol. The number of hydrogen-bond acceptors (Lipinski definition) is 5. The molecule has 2 aromatic rings. The first-order valence-electron chi connectivity index (χ1n) is 8.10. The van der Waals surface area contributed by atoms with Crippen molar-refractivity contribution >= 4 is 11.9 Å². The van der Waals surface area contributed by atoms with Crippen molar-refractivity contribution in [2.45, 2.75) is 39.7 Å². The number of carbonyl (C=O) groups excluding carboxylic acids is 1. The van der Waals surface area contributed by atoms with E-state index < -0.39 is 11.5 Å². The molecule has 2 aromatic heterocycles. The second kappa shape index (κ2) is 6.70. The number of rotatable bonds is 4. The van der Waals surface area contributed by atoms with Crippen molar-refractivity contribution in [3.8, 4) is 0 Å². The van der Waals surface area contributed by atoms with Crippen LogP contribution in [0.3, 0.4) is 0 Å². The smallest absolute Gasteiger partial charge is 0.264 e. The van der Waals surface area contributed by atoms with Gasteiger partial charge in [-0.3, -0.25) is 9.59 Å². The molecule has 0 aliphatic heterocycles. The van der Waals surface area contributed by atoms with E-state index in [0.717, 1.165) is 11.6 Å². The summed E-state index contributed by atoms with van der Waals surface area (Å²) in [4.78, 5) is 38.1. The quantitative estimate of drug-likeness (QED) is 0.864. The fourth-order valence-corrected chi connectivity index (χ4v) is 2.48. The molecule has 0 fully saturated rings. The highest BCUT2D eigenvalue weighted by molar-refractivity contribution is 5.94. The van der Waals surface area contributed by atoms with Crippen molar-refractivity contribution < 1.29 is 4.79 Å². The van der Waals surface area contributed by atoms with E-state index in [0.29, 0.717) is 11.5 Å². The van der Waals surface area contributed by atoms with Gasteiger partial charge in [0.2, 0.25) is 5.95 Å². The number of amides is 1. The Labute approximate surface area is 147 Å². The van der Waals surface area contributed by atoms with Gasteiger partial charge in [0.15, 0.2) is 0 Å². The molecule has 2 rings (SSSR count). The Kier molecular flexibility index (Phi) is 5.01. The van der Waals surface area contributed by atoms with E-state index in [1.54, 1.807) is 13.1 Å². The fraction of sp³-hybridized carbons (Fsp3) is 0.529. The lowest BCUT2D eigenvalue weighted by atomic mass is 9.95. The van der Waals surface area contributed by atoms with Gasteiger partial charge in [-0.05, 0) is 6.92 Å². The molecule has 0 saturated heterocycles. The first-order valence-corrected chi connectivity index (χ1v) is 8.10. The Morgan fingerprint density at radius 1 is 1.36 bits per heavy atom. The van der Waals surface area contributed by atoms with Crippen LogP contribution in [0, 0.1) is 6.92 Å². The third-order valence-corrected chi connectivity index (χ3v) is 3.93. The molecule has 8 nitrogen and oxygen atoms in total. The molecule has 8 heteroatoms. The Balaban J connectivity index is 2.21. The number of nitrogens with one attached hydrogen (secondary N) is 2. The summed E-state index contributed by atoms with van der Waals surface area (Å²) < 4.78 is 1.89. The van der Waals surface area contributed by atoms with Crippen LogP contribution in [0.2, 0.25) is 0 Å². The molecular formula is C17H26N6O2. The van der Waals surface area contributed by atoms with Crippen LogP contribution >= 0.6 is 0 Å². The number of imidazole rings is 1. The van der Waals surface area contributed by atoms with Gasteiger partial charge < -0.3 is 19.8 Å². The van der Waals surface area contributed by atoms with Gasteiger partial charge in [-0.25, -0.2) is 9.97 Å². The van der Waals surface area contributed by atoms with Crippen molar-refractivity contribution in [3.63, 3.8) is 0 Å².